The molecule has 0 spiro atoms. The Hall–Kier alpha value is -0.690. The van der Waals surface area contributed by atoms with E-state index < -0.39 is 6.36 Å². The quantitative estimate of drug-likeness (QED) is 0.162. The number of rotatable bonds is 15. The first-order valence-corrected chi connectivity index (χ1v) is 11.0. The van der Waals surface area contributed by atoms with Crippen LogP contribution in [-0.2, 0) is 14.4 Å². The Morgan fingerprint density at radius 3 is 2.32 bits per heavy atom. The monoisotopic (exact) mass is 425 g/mol. The number of nitrogens with zero attached hydrogens (tertiary/aromatic N) is 1. The molecule has 0 heterocycles. The number of nitrogens with one attached hydrogen (secondary N) is 1. The summed E-state index contributed by atoms with van der Waals surface area (Å²) in [5.74, 6) is 0.291. The molecule has 0 rings (SSSR count). The smallest absolute Gasteiger partial charge is 0.235 e. The number of ether oxygens (including phenoxy) is 1. The fourth-order valence-corrected chi connectivity index (χ4v) is 2.91. The molecule has 0 fully saturated rings. The normalized spacial score (nSPS) is 15.8. The van der Waals surface area contributed by atoms with E-state index in [1.54, 1.807) is 7.05 Å². The molecule has 5 nitrogen and oxygen atoms in total. The highest BCUT2D eigenvalue weighted by atomic mass is 35.5. The Kier molecular flexibility index (Phi) is 19.3. The minimum absolute atomic E-state index is 0.00732. The van der Waals surface area contributed by atoms with Crippen LogP contribution in [0.1, 0.15) is 72.6 Å². The van der Waals surface area contributed by atoms with E-state index >= 15 is 0 Å². The summed E-state index contributed by atoms with van der Waals surface area (Å²) >= 11 is 6.17. The van der Waals surface area contributed by atoms with E-state index in [4.69, 9.17) is 16.4 Å². The highest BCUT2D eigenvalue weighted by Crippen LogP contribution is 2.22. The zero-order valence-electron chi connectivity index (χ0n) is 19.0. The molecule has 1 amide bonds. The summed E-state index contributed by atoms with van der Waals surface area (Å²) in [6.07, 6.45) is 6.38. The fourth-order valence-electron chi connectivity index (χ4n) is 2.66. The van der Waals surface area contributed by atoms with E-state index in [-0.39, 0.29) is 21.6 Å². The van der Waals surface area contributed by atoms with Gasteiger partial charge in [-0.05, 0) is 43.7 Å². The Balaban J connectivity index is 0. The van der Waals surface area contributed by atoms with Crippen LogP contribution in [0.15, 0.2) is 11.2 Å². The van der Waals surface area contributed by atoms with Gasteiger partial charge in [0.2, 0.25) is 17.4 Å². The second-order valence-electron chi connectivity index (χ2n) is 6.68. The largest absolute Gasteiger partial charge is 0.356 e. The first-order chi connectivity index (χ1) is 13.3. The van der Waals surface area contributed by atoms with Crippen molar-refractivity contribution in [2.45, 2.75) is 79.0 Å². The third-order valence-corrected chi connectivity index (χ3v) is 5.16. The maximum absolute atomic E-state index is 13.3. The van der Waals surface area contributed by atoms with Gasteiger partial charge in [0, 0.05) is 19.6 Å². The topological polar surface area (TPSA) is 47.6 Å². The third-order valence-electron chi connectivity index (χ3n) is 4.68. The van der Waals surface area contributed by atoms with Crippen molar-refractivity contribution in [1.82, 2.24) is 5.32 Å². The lowest BCUT2D eigenvalue weighted by Crippen LogP contribution is -2.41. The maximum Gasteiger partial charge on any atom is 0.235 e. The van der Waals surface area contributed by atoms with Gasteiger partial charge in [0.25, 0.3) is 0 Å². The summed E-state index contributed by atoms with van der Waals surface area (Å²) in [4.78, 5) is 17.6. The molecule has 0 aliphatic carbocycles. The van der Waals surface area contributed by atoms with Gasteiger partial charge >= 0.3 is 0 Å². The van der Waals surface area contributed by atoms with Gasteiger partial charge in [-0.15, -0.1) is 4.65 Å². The number of hydroxylamine groups is 3. The summed E-state index contributed by atoms with van der Waals surface area (Å²) in [5, 5.41) is 3.28. The molecular formula is C21H43ClFN2O3+. The van der Waals surface area contributed by atoms with Crippen molar-refractivity contribution in [3.63, 3.8) is 0 Å². The number of quaternary nitrogens is 1. The predicted molar refractivity (Wildman–Crippen MR) is 115 cm³/mol. The first-order valence-electron chi connectivity index (χ1n) is 10.6. The summed E-state index contributed by atoms with van der Waals surface area (Å²) in [7, 11) is 4.60. The molecule has 0 saturated carbocycles. The first kappa shape index (κ1) is 29.5. The highest BCUT2D eigenvalue weighted by Gasteiger charge is 2.28. The number of carbonyl (C=O) groups excluding carboxylic acids is 1. The number of hydrogen-bond donors (Lipinski definition) is 1. The van der Waals surface area contributed by atoms with Crippen LogP contribution in [-0.4, -0.2) is 51.3 Å². The minimum atomic E-state index is -1.55. The molecule has 0 aromatic carbocycles. The van der Waals surface area contributed by atoms with Crippen molar-refractivity contribution in [3.8, 4) is 0 Å². The molecule has 0 aromatic rings. The lowest BCUT2D eigenvalue weighted by molar-refractivity contribution is -1.05. The molecule has 0 radical (unpaired) electrons. The molecule has 3 atom stereocenters. The fraction of sp³-hybridized carbons (Fsp3) is 0.857. The Labute approximate surface area is 177 Å². The van der Waals surface area contributed by atoms with Crippen LogP contribution in [0, 0.1) is 5.92 Å². The van der Waals surface area contributed by atoms with Crippen LogP contribution in [0.25, 0.3) is 0 Å². The lowest BCUT2D eigenvalue weighted by atomic mass is 9.98. The summed E-state index contributed by atoms with van der Waals surface area (Å²) in [6, 6.07) is 0. The molecule has 168 valence electrons. The van der Waals surface area contributed by atoms with E-state index in [2.05, 4.69) is 23.9 Å². The van der Waals surface area contributed by atoms with Crippen molar-refractivity contribution < 1.29 is 23.4 Å². The van der Waals surface area contributed by atoms with Crippen molar-refractivity contribution >= 4 is 17.5 Å². The average molecular weight is 426 g/mol. The molecule has 1 N–H and O–H groups in total. The van der Waals surface area contributed by atoms with Gasteiger partial charge in [-0.25, -0.2) is 9.23 Å². The van der Waals surface area contributed by atoms with Gasteiger partial charge in [-0.1, -0.05) is 40.5 Å². The van der Waals surface area contributed by atoms with Gasteiger partial charge in [0.15, 0.2) is 0 Å². The predicted octanol–water partition coefficient (Wildman–Crippen LogP) is 5.55. The van der Waals surface area contributed by atoms with Crippen LogP contribution >= 0.6 is 11.6 Å². The van der Waals surface area contributed by atoms with E-state index in [1.165, 1.54) is 20.3 Å². The second kappa shape index (κ2) is 18.3. The molecule has 0 aromatic heterocycles. The summed E-state index contributed by atoms with van der Waals surface area (Å²) in [5.41, 5.74) is 0. The number of amides is 1. The lowest BCUT2D eigenvalue weighted by Gasteiger charge is -2.28. The average Bonchev–Trinajstić information content (AvgIpc) is 2.72. The van der Waals surface area contributed by atoms with Crippen LogP contribution < -0.4 is 5.32 Å². The van der Waals surface area contributed by atoms with Gasteiger partial charge in [0.05, 0.1) is 13.2 Å². The van der Waals surface area contributed by atoms with Crippen molar-refractivity contribution in [2.75, 3.05) is 34.4 Å². The number of carbonyl (C=O) groups is 1. The van der Waals surface area contributed by atoms with E-state index in [0.29, 0.717) is 13.1 Å². The molecule has 0 bridgehead atoms. The zero-order valence-corrected chi connectivity index (χ0v) is 19.8. The van der Waals surface area contributed by atoms with E-state index in [1.807, 2.05) is 13.8 Å². The van der Waals surface area contributed by atoms with Crippen molar-refractivity contribution in [3.05, 3.63) is 11.2 Å². The molecule has 28 heavy (non-hydrogen) atoms. The van der Waals surface area contributed by atoms with Crippen LogP contribution in [0.2, 0.25) is 0 Å². The van der Waals surface area contributed by atoms with Crippen LogP contribution in [0.3, 0.4) is 0 Å². The number of methoxy groups -OCH3 is 1. The van der Waals surface area contributed by atoms with Crippen LogP contribution in [0.5, 0.6) is 0 Å². The van der Waals surface area contributed by atoms with Gasteiger partial charge < -0.3 is 10.1 Å². The number of hydrogen-bond acceptors (Lipinski definition) is 3. The summed E-state index contributed by atoms with van der Waals surface area (Å²) in [6.45, 7) is 9.50. The maximum atomic E-state index is 13.3. The molecule has 0 saturated heterocycles. The SMILES string of the molecule is CC.CCCCC(CC)C(=O)NCCCCC[N+](C)(OC)/C(Cl)=C/C(F)OC. The Bertz CT molecular complexity index is 424. The number of halogens is 2. The minimum Gasteiger partial charge on any atom is -0.356 e. The van der Waals surface area contributed by atoms with Gasteiger partial charge in [-0.3, -0.25) is 4.79 Å². The van der Waals surface area contributed by atoms with Crippen molar-refractivity contribution in [1.29, 1.82) is 0 Å². The molecule has 0 aliphatic heterocycles. The number of alkyl halides is 1. The molecule has 3 unspecified atom stereocenters. The third kappa shape index (κ3) is 12.7. The molecular weight excluding hydrogens is 383 g/mol. The molecule has 7 heteroatoms. The standard InChI is InChI=1S/C19H36ClFN2O3.C2H6/c1-6-8-12-16(7-2)19(24)22-13-10-9-11-14-23(3,26-5)17(20)15-18(21)25-4;1-2/h15-16,18H,6-14H2,1-5H3;1-2H3/p+1/b17-15+;. The Morgan fingerprint density at radius 2 is 1.82 bits per heavy atom. The second-order valence-corrected chi connectivity index (χ2v) is 7.07. The number of unbranched alkanes of at least 4 members (excludes halogenated alkanes) is 3. The Morgan fingerprint density at radius 1 is 1.18 bits per heavy atom. The molecule has 0 aliphatic rings. The van der Waals surface area contributed by atoms with E-state index in [9.17, 15) is 9.18 Å². The van der Waals surface area contributed by atoms with E-state index in [0.717, 1.165) is 44.9 Å². The van der Waals surface area contributed by atoms with Gasteiger partial charge in [-0.2, -0.15) is 0 Å². The highest BCUT2D eigenvalue weighted by molar-refractivity contribution is 6.28. The van der Waals surface area contributed by atoms with Gasteiger partial charge in [0.1, 0.15) is 13.6 Å². The van der Waals surface area contributed by atoms with Crippen molar-refractivity contribution in [2.24, 2.45) is 5.92 Å². The van der Waals surface area contributed by atoms with Crippen LogP contribution in [0.4, 0.5) is 4.39 Å². The zero-order chi connectivity index (χ0) is 22.0. The summed E-state index contributed by atoms with van der Waals surface area (Å²) < 4.78 is 17.8.